The van der Waals surface area contributed by atoms with Crippen LogP contribution in [-0.4, -0.2) is 42.4 Å². The Bertz CT molecular complexity index is 431. The molecular weight excluding hydrogens is 278 g/mol. The van der Waals surface area contributed by atoms with E-state index in [-0.39, 0.29) is 25.4 Å². The molecule has 7 heteroatoms. The van der Waals surface area contributed by atoms with Crippen molar-refractivity contribution in [3.63, 3.8) is 0 Å². The normalized spacial score (nSPS) is 27.4. The van der Waals surface area contributed by atoms with Crippen LogP contribution in [0.25, 0.3) is 0 Å². The molecule has 1 N–H and O–H groups in total. The van der Waals surface area contributed by atoms with Crippen molar-refractivity contribution < 1.29 is 28.6 Å². The van der Waals surface area contributed by atoms with Crippen LogP contribution in [0.4, 0.5) is 4.79 Å². The van der Waals surface area contributed by atoms with Gasteiger partial charge in [0.1, 0.15) is 5.60 Å². The summed E-state index contributed by atoms with van der Waals surface area (Å²) < 4.78 is 15.2. The molecule has 0 aromatic rings. The van der Waals surface area contributed by atoms with Gasteiger partial charge in [0, 0.05) is 12.5 Å². The number of rotatable bonds is 2. The van der Waals surface area contributed by atoms with Gasteiger partial charge < -0.3 is 19.5 Å². The topological polar surface area (TPSA) is 90.9 Å². The molecule has 0 aromatic carbocycles. The molecule has 2 saturated heterocycles. The van der Waals surface area contributed by atoms with Gasteiger partial charge in [-0.15, -0.1) is 0 Å². The van der Waals surface area contributed by atoms with Gasteiger partial charge in [0.25, 0.3) is 0 Å². The molecule has 21 heavy (non-hydrogen) atoms. The first-order chi connectivity index (χ1) is 9.70. The van der Waals surface area contributed by atoms with Gasteiger partial charge in [-0.1, -0.05) is 0 Å². The van der Waals surface area contributed by atoms with Crippen molar-refractivity contribution in [3.8, 4) is 0 Å². The van der Waals surface area contributed by atoms with Gasteiger partial charge in [-0.05, 0) is 27.2 Å². The van der Waals surface area contributed by atoms with E-state index in [4.69, 9.17) is 9.47 Å². The van der Waals surface area contributed by atoms with Crippen molar-refractivity contribution in [2.45, 2.75) is 51.2 Å². The number of nitrogens with one attached hydrogen (secondary N) is 1. The predicted octanol–water partition coefficient (Wildman–Crippen LogP) is 1.15. The summed E-state index contributed by atoms with van der Waals surface area (Å²) in [5.41, 5.74) is -1.37. The molecule has 0 spiro atoms. The molecule has 2 fully saturated rings. The van der Waals surface area contributed by atoms with Crippen molar-refractivity contribution >= 4 is 18.0 Å². The quantitative estimate of drug-likeness (QED) is 0.607. The molecule has 7 nitrogen and oxygen atoms in total. The number of alkyl carbamates (subject to hydrolysis) is 1. The minimum Gasteiger partial charge on any atom is -0.444 e. The maximum Gasteiger partial charge on any atom is 0.408 e. The lowest BCUT2D eigenvalue weighted by atomic mass is 9.78. The van der Waals surface area contributed by atoms with E-state index in [1.165, 1.54) is 0 Å². The van der Waals surface area contributed by atoms with E-state index in [2.05, 4.69) is 10.1 Å². The van der Waals surface area contributed by atoms with Crippen LogP contribution in [0.15, 0.2) is 0 Å². The van der Waals surface area contributed by atoms with Crippen molar-refractivity contribution in [1.82, 2.24) is 5.32 Å². The summed E-state index contributed by atoms with van der Waals surface area (Å²) in [6.07, 6.45) is 0.146. The van der Waals surface area contributed by atoms with Gasteiger partial charge >= 0.3 is 18.0 Å². The fourth-order valence-electron chi connectivity index (χ4n) is 2.69. The van der Waals surface area contributed by atoms with Crippen LogP contribution in [0.1, 0.15) is 40.0 Å². The number of esters is 2. The van der Waals surface area contributed by atoms with E-state index in [9.17, 15) is 14.4 Å². The van der Waals surface area contributed by atoms with Crippen LogP contribution in [0.2, 0.25) is 0 Å². The van der Waals surface area contributed by atoms with Gasteiger partial charge in [-0.2, -0.15) is 0 Å². The average Bonchev–Trinajstić information content (AvgIpc) is 2.74. The van der Waals surface area contributed by atoms with Crippen LogP contribution in [0.5, 0.6) is 0 Å². The Kier molecular flexibility index (Phi) is 4.22. The van der Waals surface area contributed by atoms with E-state index in [1.807, 2.05) is 0 Å². The van der Waals surface area contributed by atoms with Crippen LogP contribution < -0.4 is 5.32 Å². The molecule has 2 aliphatic heterocycles. The highest BCUT2D eigenvalue weighted by Gasteiger charge is 2.48. The third-order valence-corrected chi connectivity index (χ3v) is 3.64. The maximum absolute atomic E-state index is 12.0. The Morgan fingerprint density at radius 1 is 1.29 bits per heavy atom. The Labute approximate surface area is 123 Å². The molecule has 1 amide bonds. The maximum atomic E-state index is 12.0. The molecule has 0 aromatic heterocycles. The lowest BCUT2D eigenvalue weighted by Crippen LogP contribution is -2.57. The van der Waals surface area contributed by atoms with Crippen LogP contribution in [0.3, 0.4) is 0 Å². The monoisotopic (exact) mass is 299 g/mol. The Morgan fingerprint density at radius 3 is 2.38 bits per heavy atom. The molecule has 2 heterocycles. The fraction of sp³-hybridized carbons (Fsp3) is 0.786. The third kappa shape index (κ3) is 3.93. The SMILES string of the molecule is CC(C)(C)OC(=O)NC1(C2CC(=O)OC(=O)C2)CCOC1. The fourth-order valence-corrected chi connectivity index (χ4v) is 2.69. The van der Waals surface area contributed by atoms with E-state index in [1.54, 1.807) is 20.8 Å². The lowest BCUT2D eigenvalue weighted by Gasteiger charge is -2.38. The lowest BCUT2D eigenvalue weighted by molar-refractivity contribution is -0.167. The van der Waals surface area contributed by atoms with E-state index >= 15 is 0 Å². The number of carbonyl (C=O) groups excluding carboxylic acids is 3. The average molecular weight is 299 g/mol. The second-order valence-corrected chi connectivity index (χ2v) is 6.54. The number of cyclic esters (lactones) is 2. The first-order valence-electron chi connectivity index (χ1n) is 7.03. The molecule has 0 saturated carbocycles. The summed E-state index contributed by atoms with van der Waals surface area (Å²) in [5.74, 6) is -1.46. The van der Waals surface area contributed by atoms with Gasteiger partial charge in [0.2, 0.25) is 0 Å². The highest BCUT2D eigenvalue weighted by molar-refractivity contribution is 5.88. The zero-order chi connectivity index (χ0) is 15.7. The Hall–Kier alpha value is -1.63. The number of amides is 1. The summed E-state index contributed by atoms with van der Waals surface area (Å²) >= 11 is 0. The molecule has 1 atom stereocenters. The smallest absolute Gasteiger partial charge is 0.408 e. The third-order valence-electron chi connectivity index (χ3n) is 3.64. The van der Waals surface area contributed by atoms with Crippen molar-refractivity contribution in [1.29, 1.82) is 0 Å². The summed E-state index contributed by atoms with van der Waals surface area (Å²) in [7, 11) is 0. The summed E-state index contributed by atoms with van der Waals surface area (Å²) in [6, 6.07) is 0. The van der Waals surface area contributed by atoms with Crippen molar-refractivity contribution in [2.24, 2.45) is 5.92 Å². The van der Waals surface area contributed by atoms with Gasteiger partial charge in [0.15, 0.2) is 0 Å². The largest absolute Gasteiger partial charge is 0.444 e. The van der Waals surface area contributed by atoms with Crippen LogP contribution in [-0.2, 0) is 23.8 Å². The summed E-state index contributed by atoms with van der Waals surface area (Å²) in [5, 5.41) is 2.81. The second kappa shape index (κ2) is 5.63. The number of ether oxygens (including phenoxy) is 3. The predicted molar refractivity (Wildman–Crippen MR) is 71.4 cm³/mol. The number of carbonyl (C=O) groups is 3. The molecule has 1 unspecified atom stereocenters. The van der Waals surface area contributed by atoms with Crippen molar-refractivity contribution in [3.05, 3.63) is 0 Å². The van der Waals surface area contributed by atoms with E-state index in [0.29, 0.717) is 13.0 Å². The minimum absolute atomic E-state index is 0.0882. The summed E-state index contributed by atoms with van der Waals surface area (Å²) in [6.45, 7) is 6.04. The highest BCUT2D eigenvalue weighted by atomic mass is 16.6. The first-order valence-corrected chi connectivity index (χ1v) is 7.03. The molecule has 0 radical (unpaired) electrons. The summed E-state index contributed by atoms with van der Waals surface area (Å²) in [4.78, 5) is 35.0. The van der Waals surface area contributed by atoms with Gasteiger partial charge in [-0.25, -0.2) is 4.79 Å². The zero-order valence-corrected chi connectivity index (χ0v) is 12.6. The standard InChI is InChI=1S/C14H21NO6/c1-13(2,3)21-12(18)15-14(4-5-19-8-14)9-6-10(16)20-11(17)7-9/h9H,4-8H2,1-3H3,(H,15,18). The molecule has 0 bridgehead atoms. The minimum atomic E-state index is -0.753. The highest BCUT2D eigenvalue weighted by Crippen LogP contribution is 2.35. The van der Waals surface area contributed by atoms with Gasteiger partial charge in [-0.3, -0.25) is 9.59 Å². The van der Waals surface area contributed by atoms with Crippen molar-refractivity contribution in [2.75, 3.05) is 13.2 Å². The Morgan fingerprint density at radius 2 is 1.90 bits per heavy atom. The molecule has 118 valence electrons. The van der Waals surface area contributed by atoms with E-state index < -0.39 is 29.2 Å². The zero-order valence-electron chi connectivity index (χ0n) is 12.6. The molecule has 2 aliphatic rings. The van der Waals surface area contributed by atoms with E-state index in [0.717, 1.165) is 0 Å². The Balaban J connectivity index is 2.11. The molecular formula is C14H21NO6. The number of hydrogen-bond donors (Lipinski definition) is 1. The molecule has 0 aliphatic carbocycles. The second-order valence-electron chi connectivity index (χ2n) is 6.54. The van der Waals surface area contributed by atoms with Gasteiger partial charge in [0.05, 0.1) is 25.0 Å². The van der Waals surface area contributed by atoms with Crippen LogP contribution in [0, 0.1) is 5.92 Å². The van der Waals surface area contributed by atoms with Crippen LogP contribution >= 0.6 is 0 Å². The first kappa shape index (κ1) is 15.8. The number of hydrogen-bond acceptors (Lipinski definition) is 6. The molecule has 2 rings (SSSR count).